The van der Waals surface area contributed by atoms with Crippen LogP contribution in [0, 0.1) is 5.82 Å². The first-order valence-corrected chi connectivity index (χ1v) is 9.41. The maximum Gasteiger partial charge on any atom is 0.192 e. The quantitative estimate of drug-likeness (QED) is 0.581. The maximum absolute atomic E-state index is 13.2. The number of benzene rings is 1. The third-order valence-electron chi connectivity index (χ3n) is 4.36. The highest BCUT2D eigenvalue weighted by Gasteiger charge is 2.31. The SMILES string of the molecule is CC[C@@H](Sc1nnc(-c2cccnc2)n1C1CC1)c1ccc(F)cc1. The smallest absolute Gasteiger partial charge is 0.192 e. The van der Waals surface area contributed by atoms with E-state index >= 15 is 0 Å². The van der Waals surface area contributed by atoms with Gasteiger partial charge in [0.05, 0.1) is 0 Å². The van der Waals surface area contributed by atoms with Crippen molar-refractivity contribution in [3.8, 4) is 11.4 Å². The molecule has 4 nitrogen and oxygen atoms in total. The predicted molar refractivity (Wildman–Crippen MR) is 96.8 cm³/mol. The molecule has 1 aromatic carbocycles. The first kappa shape index (κ1) is 16.3. The molecule has 4 rings (SSSR count). The molecule has 0 amide bonds. The van der Waals surface area contributed by atoms with Crippen LogP contribution < -0.4 is 0 Å². The van der Waals surface area contributed by atoms with Crippen LogP contribution in [0.15, 0.2) is 53.9 Å². The molecule has 1 aliphatic carbocycles. The molecule has 0 aliphatic heterocycles. The van der Waals surface area contributed by atoms with Gasteiger partial charge >= 0.3 is 0 Å². The van der Waals surface area contributed by atoms with E-state index in [1.807, 2.05) is 30.5 Å². The van der Waals surface area contributed by atoms with E-state index in [9.17, 15) is 4.39 Å². The Morgan fingerprint density at radius 3 is 2.64 bits per heavy atom. The molecule has 1 fully saturated rings. The van der Waals surface area contributed by atoms with Crippen LogP contribution in [0.3, 0.4) is 0 Å². The van der Waals surface area contributed by atoms with E-state index in [0.717, 1.165) is 41.4 Å². The Hall–Kier alpha value is -2.21. The van der Waals surface area contributed by atoms with E-state index in [2.05, 4.69) is 26.7 Å². The van der Waals surface area contributed by atoms with Gasteiger partial charge in [0.15, 0.2) is 11.0 Å². The van der Waals surface area contributed by atoms with Crippen LogP contribution in [0.5, 0.6) is 0 Å². The van der Waals surface area contributed by atoms with Crippen LogP contribution >= 0.6 is 11.8 Å². The average Bonchev–Trinajstić information content (AvgIpc) is 3.41. The Kier molecular flexibility index (Phi) is 4.53. The summed E-state index contributed by atoms with van der Waals surface area (Å²) in [5.41, 5.74) is 2.10. The number of thioether (sulfide) groups is 1. The van der Waals surface area contributed by atoms with E-state index in [-0.39, 0.29) is 11.1 Å². The minimum absolute atomic E-state index is 0.205. The molecule has 1 aliphatic rings. The van der Waals surface area contributed by atoms with Gasteiger partial charge in [0.1, 0.15) is 5.82 Å². The summed E-state index contributed by atoms with van der Waals surface area (Å²) in [5.74, 6) is 0.677. The third kappa shape index (κ3) is 3.44. The Balaban J connectivity index is 1.66. The van der Waals surface area contributed by atoms with Crippen molar-refractivity contribution in [3.05, 3.63) is 60.2 Å². The average molecular weight is 354 g/mol. The van der Waals surface area contributed by atoms with Crippen molar-refractivity contribution < 1.29 is 4.39 Å². The van der Waals surface area contributed by atoms with Gasteiger partial charge in [0, 0.05) is 29.2 Å². The minimum Gasteiger partial charge on any atom is -0.299 e. The number of pyridine rings is 1. The fourth-order valence-electron chi connectivity index (χ4n) is 2.90. The van der Waals surface area contributed by atoms with Crippen LogP contribution in [0.4, 0.5) is 4.39 Å². The van der Waals surface area contributed by atoms with Gasteiger partial charge in [-0.2, -0.15) is 0 Å². The lowest BCUT2D eigenvalue weighted by Crippen LogP contribution is -2.02. The predicted octanol–water partition coefficient (Wildman–Crippen LogP) is 5.06. The summed E-state index contributed by atoms with van der Waals surface area (Å²) in [5, 5.41) is 10.0. The lowest BCUT2D eigenvalue weighted by molar-refractivity contribution is 0.626. The molecule has 3 aromatic rings. The lowest BCUT2D eigenvalue weighted by atomic mass is 10.1. The van der Waals surface area contributed by atoms with Crippen molar-refractivity contribution in [3.63, 3.8) is 0 Å². The van der Waals surface area contributed by atoms with E-state index in [4.69, 9.17) is 0 Å². The summed E-state index contributed by atoms with van der Waals surface area (Å²) < 4.78 is 15.5. The van der Waals surface area contributed by atoms with Gasteiger partial charge < -0.3 is 0 Å². The minimum atomic E-state index is -0.205. The molecule has 0 spiro atoms. The number of aromatic nitrogens is 4. The number of rotatable bonds is 6. The van der Waals surface area contributed by atoms with E-state index in [0.29, 0.717) is 6.04 Å². The van der Waals surface area contributed by atoms with Crippen LogP contribution in [-0.4, -0.2) is 19.7 Å². The van der Waals surface area contributed by atoms with Crippen molar-refractivity contribution in [1.82, 2.24) is 19.7 Å². The number of nitrogens with zero attached hydrogens (tertiary/aromatic N) is 4. The highest BCUT2D eigenvalue weighted by atomic mass is 32.2. The molecule has 2 aromatic heterocycles. The summed E-state index contributed by atoms with van der Waals surface area (Å²) in [7, 11) is 0. The zero-order valence-corrected chi connectivity index (χ0v) is 14.8. The van der Waals surface area contributed by atoms with Gasteiger partial charge in [0.2, 0.25) is 0 Å². The van der Waals surface area contributed by atoms with Crippen LogP contribution in [0.2, 0.25) is 0 Å². The van der Waals surface area contributed by atoms with Crippen molar-refractivity contribution in [2.24, 2.45) is 0 Å². The molecule has 6 heteroatoms. The molecule has 1 atom stereocenters. The monoisotopic (exact) mass is 354 g/mol. The van der Waals surface area contributed by atoms with Crippen molar-refractivity contribution in [2.45, 2.75) is 42.6 Å². The third-order valence-corrected chi connectivity index (χ3v) is 5.74. The summed E-state index contributed by atoms with van der Waals surface area (Å²) in [6.45, 7) is 2.14. The molecule has 0 radical (unpaired) electrons. The maximum atomic E-state index is 13.2. The van der Waals surface area contributed by atoms with Gasteiger partial charge in [-0.25, -0.2) is 4.39 Å². The lowest BCUT2D eigenvalue weighted by Gasteiger charge is -2.16. The second-order valence-electron chi connectivity index (χ2n) is 6.22. The molecule has 128 valence electrons. The first-order valence-electron chi connectivity index (χ1n) is 8.53. The fourth-order valence-corrected chi connectivity index (χ4v) is 4.05. The normalized spacial score (nSPS) is 15.3. The summed E-state index contributed by atoms with van der Waals surface area (Å²) >= 11 is 1.70. The molecule has 2 heterocycles. The molecule has 0 N–H and O–H groups in total. The molecular formula is C19H19FN4S. The fraction of sp³-hybridized carbons (Fsp3) is 0.316. The second-order valence-corrected chi connectivity index (χ2v) is 7.39. The van der Waals surface area contributed by atoms with Crippen molar-refractivity contribution >= 4 is 11.8 Å². The highest BCUT2D eigenvalue weighted by molar-refractivity contribution is 7.99. The van der Waals surface area contributed by atoms with Crippen LogP contribution in [-0.2, 0) is 0 Å². The van der Waals surface area contributed by atoms with Crippen molar-refractivity contribution in [1.29, 1.82) is 0 Å². The van der Waals surface area contributed by atoms with Gasteiger partial charge in [-0.1, -0.05) is 30.8 Å². The van der Waals surface area contributed by atoms with E-state index < -0.39 is 0 Å². The molecule has 25 heavy (non-hydrogen) atoms. The van der Waals surface area contributed by atoms with Gasteiger partial charge in [0.25, 0.3) is 0 Å². The topological polar surface area (TPSA) is 43.6 Å². The van der Waals surface area contributed by atoms with E-state index in [1.54, 1.807) is 18.0 Å². The van der Waals surface area contributed by atoms with Gasteiger partial charge in [-0.15, -0.1) is 10.2 Å². The summed E-state index contributed by atoms with van der Waals surface area (Å²) in [6, 6.07) is 11.2. The molecular weight excluding hydrogens is 335 g/mol. The largest absolute Gasteiger partial charge is 0.299 e. The summed E-state index contributed by atoms with van der Waals surface area (Å²) in [4.78, 5) is 4.20. The molecule has 0 bridgehead atoms. The molecule has 1 saturated carbocycles. The second kappa shape index (κ2) is 6.96. The Labute approximate surface area is 150 Å². The Morgan fingerprint density at radius 1 is 1.20 bits per heavy atom. The van der Waals surface area contributed by atoms with E-state index in [1.165, 1.54) is 12.1 Å². The Bertz CT molecular complexity index is 844. The van der Waals surface area contributed by atoms with Gasteiger partial charge in [-0.05, 0) is 49.1 Å². The number of hydrogen-bond acceptors (Lipinski definition) is 4. The Morgan fingerprint density at radius 2 is 2.00 bits per heavy atom. The molecule has 0 saturated heterocycles. The number of hydrogen-bond donors (Lipinski definition) is 0. The zero-order valence-electron chi connectivity index (χ0n) is 14.0. The van der Waals surface area contributed by atoms with Crippen LogP contribution in [0.25, 0.3) is 11.4 Å². The van der Waals surface area contributed by atoms with Gasteiger partial charge in [-0.3, -0.25) is 9.55 Å². The highest BCUT2D eigenvalue weighted by Crippen LogP contribution is 2.44. The molecule has 0 unspecified atom stereocenters. The first-order chi connectivity index (χ1) is 12.3. The van der Waals surface area contributed by atoms with Crippen molar-refractivity contribution in [2.75, 3.05) is 0 Å². The number of halogens is 1. The zero-order chi connectivity index (χ0) is 17.2. The summed E-state index contributed by atoms with van der Waals surface area (Å²) in [6.07, 6.45) is 6.85. The standard InChI is InChI=1S/C19H19FN4S/c1-2-17(13-5-7-15(20)8-6-13)25-19-23-22-18(24(19)16-9-10-16)14-4-3-11-21-12-14/h3-8,11-12,16-17H,2,9-10H2,1H3/t17-/m1/s1. The van der Waals surface area contributed by atoms with Crippen LogP contribution in [0.1, 0.15) is 43.0 Å².